The minimum absolute atomic E-state index is 0.236. The number of aromatic nitrogens is 2. The first-order valence-electron chi connectivity index (χ1n) is 10.4. The number of hydrogen-bond acceptors (Lipinski definition) is 4. The summed E-state index contributed by atoms with van der Waals surface area (Å²) in [7, 11) is 1.59. The number of nitrogens with one attached hydrogen (secondary N) is 1. The normalized spacial score (nSPS) is 14.6. The third-order valence-electron chi connectivity index (χ3n) is 5.30. The maximum absolute atomic E-state index is 13.3. The number of benzene rings is 3. The molecule has 1 aliphatic rings. The van der Waals surface area contributed by atoms with Gasteiger partial charge in [-0.15, -0.1) is 0 Å². The molecular weight excluding hydrogens is 432 g/mol. The van der Waals surface area contributed by atoms with Gasteiger partial charge in [-0.1, -0.05) is 54.6 Å². The maximum Gasteiger partial charge on any atom is 0.281 e. The summed E-state index contributed by atoms with van der Waals surface area (Å²) in [6.45, 7) is 0. The number of carbonyl (C=O) groups excluding carboxylic acids is 1. The van der Waals surface area contributed by atoms with Crippen LogP contribution in [0.15, 0.2) is 96.8 Å². The first-order chi connectivity index (χ1) is 16.1. The molecule has 1 aliphatic heterocycles. The van der Waals surface area contributed by atoms with E-state index in [0.29, 0.717) is 22.2 Å². The van der Waals surface area contributed by atoms with Crippen LogP contribution in [0.4, 0.5) is 5.69 Å². The Morgan fingerprint density at radius 1 is 0.939 bits per heavy atom. The van der Waals surface area contributed by atoms with Gasteiger partial charge in [-0.25, -0.2) is 4.68 Å². The number of anilines is 1. The smallest absolute Gasteiger partial charge is 0.281 e. The standard InChI is InChI=1S/C26H20N4O2S/c1-32-22-14-8-13-21(16-22)30-25(31)23(27-26(30)33)15-19-17-29(20-11-6-3-7-12-20)28-24(19)18-9-4-2-5-10-18/h2-17H,1H3,(H,27,33). The summed E-state index contributed by atoms with van der Waals surface area (Å²) in [5.41, 5.74) is 4.48. The lowest BCUT2D eigenvalue weighted by atomic mass is 10.1. The number of para-hydroxylation sites is 1. The molecule has 1 fully saturated rings. The van der Waals surface area contributed by atoms with E-state index in [1.165, 1.54) is 4.90 Å². The first-order valence-corrected chi connectivity index (χ1v) is 10.8. The Labute approximate surface area is 196 Å². The number of amides is 1. The lowest BCUT2D eigenvalue weighted by Gasteiger charge is -2.14. The van der Waals surface area contributed by atoms with E-state index < -0.39 is 0 Å². The van der Waals surface area contributed by atoms with E-state index in [4.69, 9.17) is 22.1 Å². The Bertz CT molecular complexity index is 1360. The molecule has 1 aromatic heterocycles. The zero-order chi connectivity index (χ0) is 22.8. The van der Waals surface area contributed by atoms with Gasteiger partial charge < -0.3 is 10.1 Å². The molecule has 0 atom stereocenters. The Kier molecular flexibility index (Phi) is 5.46. The van der Waals surface area contributed by atoms with E-state index >= 15 is 0 Å². The molecule has 6 nitrogen and oxygen atoms in total. The molecule has 162 valence electrons. The fourth-order valence-electron chi connectivity index (χ4n) is 3.70. The van der Waals surface area contributed by atoms with Crippen LogP contribution in [0, 0.1) is 0 Å². The zero-order valence-electron chi connectivity index (χ0n) is 17.8. The number of thiocarbonyl (C=S) groups is 1. The summed E-state index contributed by atoms with van der Waals surface area (Å²) in [5, 5.41) is 8.18. The van der Waals surface area contributed by atoms with E-state index in [1.807, 2.05) is 89.7 Å². The van der Waals surface area contributed by atoms with Crippen molar-refractivity contribution in [2.75, 3.05) is 12.0 Å². The molecule has 33 heavy (non-hydrogen) atoms. The SMILES string of the molecule is COc1cccc(N2C(=O)C(=Cc3cn(-c4ccccc4)nc3-c3ccccc3)NC2=S)c1. The lowest BCUT2D eigenvalue weighted by molar-refractivity contribution is -0.113. The quantitative estimate of drug-likeness (QED) is 0.348. The van der Waals surface area contributed by atoms with Crippen LogP contribution in [-0.4, -0.2) is 27.9 Å². The average Bonchev–Trinajstić information content (AvgIpc) is 3.40. The van der Waals surface area contributed by atoms with Crippen molar-refractivity contribution in [3.8, 4) is 22.7 Å². The van der Waals surface area contributed by atoms with E-state index in [0.717, 1.165) is 22.5 Å². The summed E-state index contributed by atoms with van der Waals surface area (Å²) < 4.78 is 7.10. The second-order valence-electron chi connectivity index (χ2n) is 7.41. The monoisotopic (exact) mass is 452 g/mol. The average molecular weight is 453 g/mol. The number of hydrogen-bond donors (Lipinski definition) is 1. The molecule has 7 heteroatoms. The summed E-state index contributed by atoms with van der Waals surface area (Å²) >= 11 is 5.47. The van der Waals surface area contributed by atoms with Gasteiger partial charge in [-0.3, -0.25) is 9.69 Å². The highest BCUT2D eigenvalue weighted by Gasteiger charge is 2.32. The molecule has 3 aromatic carbocycles. The highest BCUT2D eigenvalue weighted by Crippen LogP contribution is 2.29. The van der Waals surface area contributed by atoms with Crippen LogP contribution in [0.1, 0.15) is 5.56 Å². The highest BCUT2D eigenvalue weighted by atomic mass is 32.1. The predicted octanol–water partition coefficient (Wildman–Crippen LogP) is 4.81. The van der Waals surface area contributed by atoms with Crippen LogP contribution < -0.4 is 15.0 Å². The molecule has 0 spiro atoms. The van der Waals surface area contributed by atoms with Gasteiger partial charge in [-0.05, 0) is 42.6 Å². The topological polar surface area (TPSA) is 59.4 Å². The summed E-state index contributed by atoms with van der Waals surface area (Å²) in [5.74, 6) is 0.413. The minimum atomic E-state index is -0.236. The van der Waals surface area contributed by atoms with Crippen molar-refractivity contribution in [2.24, 2.45) is 0 Å². The molecular formula is C26H20N4O2S. The van der Waals surface area contributed by atoms with Gasteiger partial charge in [0.1, 0.15) is 17.1 Å². The van der Waals surface area contributed by atoms with Crippen LogP contribution in [0.25, 0.3) is 23.0 Å². The molecule has 1 N–H and O–H groups in total. The van der Waals surface area contributed by atoms with E-state index in [2.05, 4.69) is 5.32 Å². The van der Waals surface area contributed by atoms with Crippen molar-refractivity contribution in [3.63, 3.8) is 0 Å². The number of ether oxygens (including phenoxy) is 1. The predicted molar refractivity (Wildman–Crippen MR) is 133 cm³/mol. The van der Waals surface area contributed by atoms with E-state index in [9.17, 15) is 4.79 Å². The molecule has 1 saturated heterocycles. The molecule has 0 radical (unpaired) electrons. The fourth-order valence-corrected chi connectivity index (χ4v) is 4.00. The minimum Gasteiger partial charge on any atom is -0.497 e. The molecule has 0 aliphatic carbocycles. The number of carbonyl (C=O) groups is 1. The van der Waals surface area contributed by atoms with Gasteiger partial charge in [-0.2, -0.15) is 5.10 Å². The Balaban J connectivity index is 1.56. The van der Waals surface area contributed by atoms with Gasteiger partial charge in [0, 0.05) is 23.4 Å². The van der Waals surface area contributed by atoms with Gasteiger partial charge in [0.15, 0.2) is 5.11 Å². The fraction of sp³-hybridized carbons (Fsp3) is 0.0385. The third-order valence-corrected chi connectivity index (χ3v) is 5.58. The Morgan fingerprint density at radius 3 is 2.36 bits per heavy atom. The Morgan fingerprint density at radius 2 is 1.64 bits per heavy atom. The van der Waals surface area contributed by atoms with Crippen molar-refractivity contribution in [1.29, 1.82) is 0 Å². The van der Waals surface area contributed by atoms with Crippen LogP contribution in [-0.2, 0) is 4.79 Å². The molecule has 0 bridgehead atoms. The molecule has 1 amide bonds. The van der Waals surface area contributed by atoms with Crippen LogP contribution >= 0.6 is 12.2 Å². The van der Waals surface area contributed by atoms with Gasteiger partial charge >= 0.3 is 0 Å². The van der Waals surface area contributed by atoms with Crippen molar-refractivity contribution in [3.05, 3.63) is 102 Å². The molecule has 4 aromatic rings. The molecule has 0 unspecified atom stereocenters. The number of rotatable bonds is 5. The van der Waals surface area contributed by atoms with Crippen LogP contribution in [0.2, 0.25) is 0 Å². The summed E-state index contributed by atoms with van der Waals surface area (Å²) in [4.78, 5) is 14.8. The number of methoxy groups -OCH3 is 1. The largest absolute Gasteiger partial charge is 0.497 e. The van der Waals surface area contributed by atoms with Crippen molar-refractivity contribution < 1.29 is 9.53 Å². The van der Waals surface area contributed by atoms with Crippen molar-refractivity contribution in [1.82, 2.24) is 15.1 Å². The van der Waals surface area contributed by atoms with Crippen LogP contribution in [0.3, 0.4) is 0 Å². The van der Waals surface area contributed by atoms with Crippen molar-refractivity contribution >= 4 is 35.0 Å². The number of nitrogens with zero attached hydrogens (tertiary/aromatic N) is 3. The molecule has 5 rings (SSSR count). The van der Waals surface area contributed by atoms with E-state index in [-0.39, 0.29) is 5.91 Å². The molecule has 0 saturated carbocycles. The van der Waals surface area contributed by atoms with Gasteiger partial charge in [0.2, 0.25) is 0 Å². The van der Waals surface area contributed by atoms with Gasteiger partial charge in [0.05, 0.1) is 18.5 Å². The molecule has 2 heterocycles. The second-order valence-corrected chi connectivity index (χ2v) is 7.80. The van der Waals surface area contributed by atoms with Crippen LogP contribution in [0.5, 0.6) is 5.75 Å². The summed E-state index contributed by atoms with van der Waals surface area (Å²) in [6.07, 6.45) is 3.71. The highest BCUT2D eigenvalue weighted by molar-refractivity contribution is 7.80. The second kappa shape index (κ2) is 8.72. The first kappa shape index (κ1) is 20.7. The zero-order valence-corrected chi connectivity index (χ0v) is 18.6. The third kappa shape index (κ3) is 4.02. The Hall–Kier alpha value is -4.23. The van der Waals surface area contributed by atoms with E-state index in [1.54, 1.807) is 19.3 Å². The summed E-state index contributed by atoms with van der Waals surface area (Å²) in [6, 6.07) is 27.0. The van der Waals surface area contributed by atoms with Crippen molar-refractivity contribution in [2.45, 2.75) is 0 Å². The maximum atomic E-state index is 13.3. The lowest BCUT2D eigenvalue weighted by Crippen LogP contribution is -2.30. The van der Waals surface area contributed by atoms with Gasteiger partial charge in [0.25, 0.3) is 5.91 Å².